The summed E-state index contributed by atoms with van der Waals surface area (Å²) in [5, 5.41) is 22.4. The van der Waals surface area contributed by atoms with Crippen molar-refractivity contribution in [2.45, 2.75) is 51.6 Å². The van der Waals surface area contributed by atoms with E-state index in [0.29, 0.717) is 12.0 Å². The molecule has 0 aliphatic carbocycles. The van der Waals surface area contributed by atoms with E-state index in [1.807, 2.05) is 6.92 Å². The van der Waals surface area contributed by atoms with E-state index in [1.165, 1.54) is 25.9 Å². The summed E-state index contributed by atoms with van der Waals surface area (Å²) < 4.78 is 0. The van der Waals surface area contributed by atoms with Crippen LogP contribution in [0, 0.1) is 5.92 Å². The summed E-state index contributed by atoms with van der Waals surface area (Å²) in [6.07, 6.45) is 3.16. The summed E-state index contributed by atoms with van der Waals surface area (Å²) in [5.74, 6) is 0.650. The zero-order valence-corrected chi connectivity index (χ0v) is 12.2. The molecule has 1 saturated heterocycles. The molecular formula is C14H30N2O2. The summed E-state index contributed by atoms with van der Waals surface area (Å²) in [6.45, 7) is 9.88. The van der Waals surface area contributed by atoms with Crippen LogP contribution in [0.25, 0.3) is 0 Å². The average molecular weight is 258 g/mol. The molecule has 0 bridgehead atoms. The number of rotatable bonds is 7. The standard InChI is InChI=1S/C14H30N2O2/c1-4-14(10-17,11-18)15-12(3)13-6-8-16(5-2)9-7-13/h12-13,15,17-18H,4-11H2,1-3H3. The Kier molecular flexibility index (Phi) is 6.57. The summed E-state index contributed by atoms with van der Waals surface area (Å²) in [5.41, 5.74) is -0.513. The molecule has 1 rings (SSSR count). The van der Waals surface area contributed by atoms with E-state index in [1.54, 1.807) is 0 Å². The Labute approximate surface area is 111 Å². The second-order valence-corrected chi connectivity index (χ2v) is 5.65. The van der Waals surface area contributed by atoms with E-state index in [9.17, 15) is 10.2 Å². The molecule has 0 saturated carbocycles. The summed E-state index contributed by atoms with van der Waals surface area (Å²) in [6, 6.07) is 0.350. The smallest absolute Gasteiger partial charge is 0.0647 e. The fraction of sp³-hybridized carbons (Fsp3) is 1.00. The van der Waals surface area contributed by atoms with Gasteiger partial charge >= 0.3 is 0 Å². The predicted octanol–water partition coefficient (Wildman–Crippen LogP) is 0.830. The van der Waals surface area contributed by atoms with Crippen molar-refractivity contribution in [1.29, 1.82) is 0 Å². The third-order valence-electron chi connectivity index (χ3n) is 4.60. The molecule has 0 spiro atoms. The zero-order valence-electron chi connectivity index (χ0n) is 12.2. The minimum Gasteiger partial charge on any atom is -0.394 e. The molecule has 0 radical (unpaired) electrons. The highest BCUT2D eigenvalue weighted by atomic mass is 16.3. The van der Waals surface area contributed by atoms with Gasteiger partial charge in [0.1, 0.15) is 0 Å². The molecule has 4 heteroatoms. The highest BCUT2D eigenvalue weighted by Crippen LogP contribution is 2.22. The van der Waals surface area contributed by atoms with Gasteiger partial charge in [-0.25, -0.2) is 0 Å². The molecule has 0 amide bonds. The van der Waals surface area contributed by atoms with E-state index in [-0.39, 0.29) is 13.2 Å². The van der Waals surface area contributed by atoms with Crippen LogP contribution in [0.1, 0.15) is 40.0 Å². The van der Waals surface area contributed by atoms with Gasteiger partial charge in [-0.15, -0.1) is 0 Å². The lowest BCUT2D eigenvalue weighted by atomic mass is 9.87. The van der Waals surface area contributed by atoms with Crippen LogP contribution in [0.3, 0.4) is 0 Å². The number of likely N-dealkylation sites (tertiary alicyclic amines) is 1. The largest absolute Gasteiger partial charge is 0.394 e. The quantitative estimate of drug-likeness (QED) is 0.633. The van der Waals surface area contributed by atoms with Crippen LogP contribution in [0.15, 0.2) is 0 Å². The first-order chi connectivity index (χ1) is 8.60. The molecule has 1 unspecified atom stereocenters. The Morgan fingerprint density at radius 2 is 1.78 bits per heavy atom. The molecule has 3 N–H and O–H groups in total. The van der Waals surface area contributed by atoms with Crippen molar-refractivity contribution >= 4 is 0 Å². The van der Waals surface area contributed by atoms with Crippen molar-refractivity contribution in [1.82, 2.24) is 10.2 Å². The lowest BCUT2D eigenvalue weighted by Crippen LogP contribution is -2.57. The number of aliphatic hydroxyl groups excluding tert-OH is 2. The maximum absolute atomic E-state index is 9.47. The van der Waals surface area contributed by atoms with Crippen molar-refractivity contribution in [3.05, 3.63) is 0 Å². The first-order valence-electron chi connectivity index (χ1n) is 7.32. The van der Waals surface area contributed by atoms with Gasteiger partial charge < -0.3 is 20.4 Å². The zero-order chi connectivity index (χ0) is 13.6. The number of nitrogens with one attached hydrogen (secondary N) is 1. The van der Waals surface area contributed by atoms with Crippen LogP contribution >= 0.6 is 0 Å². The van der Waals surface area contributed by atoms with E-state index in [2.05, 4.69) is 24.1 Å². The third-order valence-corrected chi connectivity index (χ3v) is 4.60. The second kappa shape index (κ2) is 7.43. The van der Waals surface area contributed by atoms with Crippen LogP contribution in [0.2, 0.25) is 0 Å². The van der Waals surface area contributed by atoms with Gasteiger partial charge in [-0.2, -0.15) is 0 Å². The second-order valence-electron chi connectivity index (χ2n) is 5.65. The molecule has 1 aliphatic heterocycles. The molecule has 4 nitrogen and oxygen atoms in total. The topological polar surface area (TPSA) is 55.7 Å². The average Bonchev–Trinajstić information content (AvgIpc) is 2.45. The monoisotopic (exact) mass is 258 g/mol. The van der Waals surface area contributed by atoms with Crippen molar-refractivity contribution in [3.63, 3.8) is 0 Å². The van der Waals surface area contributed by atoms with E-state index in [0.717, 1.165) is 13.0 Å². The van der Waals surface area contributed by atoms with Crippen LogP contribution in [-0.2, 0) is 0 Å². The number of hydrogen-bond acceptors (Lipinski definition) is 4. The number of aliphatic hydroxyl groups is 2. The lowest BCUT2D eigenvalue weighted by Gasteiger charge is -2.39. The van der Waals surface area contributed by atoms with Crippen LogP contribution < -0.4 is 5.32 Å². The summed E-state index contributed by atoms with van der Waals surface area (Å²) in [7, 11) is 0. The van der Waals surface area contributed by atoms with Crippen LogP contribution in [0.4, 0.5) is 0 Å². The minimum absolute atomic E-state index is 0.00184. The molecule has 1 atom stereocenters. The Hall–Kier alpha value is -0.160. The Morgan fingerprint density at radius 1 is 1.22 bits per heavy atom. The SMILES string of the molecule is CCN1CCC(C(C)NC(CC)(CO)CO)CC1. The highest BCUT2D eigenvalue weighted by Gasteiger charge is 2.31. The molecule has 0 aromatic heterocycles. The first kappa shape index (κ1) is 15.9. The summed E-state index contributed by atoms with van der Waals surface area (Å²) in [4.78, 5) is 2.48. The molecule has 1 fully saturated rings. The van der Waals surface area contributed by atoms with Crippen LogP contribution in [0.5, 0.6) is 0 Å². The number of nitrogens with zero attached hydrogens (tertiary/aromatic N) is 1. The van der Waals surface area contributed by atoms with Crippen LogP contribution in [-0.4, -0.2) is 59.5 Å². The van der Waals surface area contributed by atoms with Gasteiger partial charge in [-0.1, -0.05) is 13.8 Å². The predicted molar refractivity (Wildman–Crippen MR) is 74.6 cm³/mol. The van der Waals surface area contributed by atoms with Gasteiger partial charge in [0.25, 0.3) is 0 Å². The minimum atomic E-state index is -0.513. The molecule has 108 valence electrons. The van der Waals surface area contributed by atoms with E-state index >= 15 is 0 Å². The lowest BCUT2D eigenvalue weighted by molar-refractivity contribution is 0.0633. The van der Waals surface area contributed by atoms with Gasteiger partial charge in [0.2, 0.25) is 0 Å². The Bertz CT molecular complexity index is 216. The molecular weight excluding hydrogens is 228 g/mol. The molecule has 18 heavy (non-hydrogen) atoms. The number of piperidine rings is 1. The molecule has 0 aromatic carbocycles. The van der Waals surface area contributed by atoms with E-state index in [4.69, 9.17) is 0 Å². The maximum Gasteiger partial charge on any atom is 0.0647 e. The van der Waals surface area contributed by atoms with Gasteiger partial charge in [0, 0.05) is 6.04 Å². The fourth-order valence-electron chi connectivity index (χ4n) is 2.84. The Morgan fingerprint density at radius 3 is 2.17 bits per heavy atom. The highest BCUT2D eigenvalue weighted by molar-refractivity contribution is 4.90. The molecule has 1 heterocycles. The normalized spacial score (nSPS) is 21.2. The van der Waals surface area contributed by atoms with Gasteiger partial charge in [-0.05, 0) is 51.7 Å². The van der Waals surface area contributed by atoms with Crippen molar-refractivity contribution in [2.24, 2.45) is 5.92 Å². The first-order valence-corrected chi connectivity index (χ1v) is 7.32. The van der Waals surface area contributed by atoms with Crippen molar-refractivity contribution in [2.75, 3.05) is 32.8 Å². The van der Waals surface area contributed by atoms with Crippen molar-refractivity contribution in [3.8, 4) is 0 Å². The van der Waals surface area contributed by atoms with Gasteiger partial charge in [-0.3, -0.25) is 0 Å². The maximum atomic E-state index is 9.47. The molecule has 0 aromatic rings. The van der Waals surface area contributed by atoms with Crippen molar-refractivity contribution < 1.29 is 10.2 Å². The third kappa shape index (κ3) is 3.92. The Balaban J connectivity index is 2.47. The van der Waals surface area contributed by atoms with Gasteiger partial charge in [0.15, 0.2) is 0 Å². The summed E-state index contributed by atoms with van der Waals surface area (Å²) >= 11 is 0. The number of hydrogen-bond donors (Lipinski definition) is 3. The fourth-order valence-corrected chi connectivity index (χ4v) is 2.84. The van der Waals surface area contributed by atoms with E-state index < -0.39 is 5.54 Å². The molecule has 1 aliphatic rings. The van der Waals surface area contributed by atoms with Gasteiger partial charge in [0.05, 0.1) is 18.8 Å².